The van der Waals surface area contributed by atoms with Gasteiger partial charge < -0.3 is 5.73 Å². The Morgan fingerprint density at radius 1 is 1.21 bits per heavy atom. The molecule has 0 unspecified atom stereocenters. The summed E-state index contributed by atoms with van der Waals surface area (Å²) in [4.78, 5) is 0. The third kappa shape index (κ3) is 1.45. The van der Waals surface area contributed by atoms with Crippen molar-refractivity contribution in [3.05, 3.63) is 45.9 Å². The van der Waals surface area contributed by atoms with E-state index in [1.807, 2.05) is 6.07 Å². The minimum Gasteiger partial charge on any atom is -0.326 e. The molecule has 0 saturated carbocycles. The van der Waals surface area contributed by atoms with Gasteiger partial charge >= 0.3 is 0 Å². The van der Waals surface area contributed by atoms with Crippen molar-refractivity contribution in [2.45, 2.75) is 13.5 Å². The van der Waals surface area contributed by atoms with Gasteiger partial charge in [0.25, 0.3) is 0 Å². The molecular formula is C12H12BrN. The third-order valence-electron chi connectivity index (χ3n) is 2.59. The predicted octanol–water partition coefficient (Wildman–Crippen LogP) is 3.37. The SMILES string of the molecule is Cc1c(CN)ccc2cccc(Br)c12. The standard InChI is InChI=1S/C12H12BrN/c1-8-10(7-14)6-5-9-3-2-4-11(13)12(8)9/h2-6H,7,14H2,1H3. The Morgan fingerprint density at radius 2 is 2.00 bits per heavy atom. The number of benzene rings is 2. The van der Waals surface area contributed by atoms with E-state index in [9.17, 15) is 0 Å². The normalized spacial score (nSPS) is 10.8. The molecule has 0 bridgehead atoms. The number of aryl methyl sites for hydroxylation is 1. The van der Waals surface area contributed by atoms with Gasteiger partial charge in [-0.05, 0) is 34.9 Å². The van der Waals surface area contributed by atoms with Crippen LogP contribution in [0.25, 0.3) is 10.8 Å². The van der Waals surface area contributed by atoms with E-state index in [1.165, 1.54) is 21.9 Å². The Hall–Kier alpha value is -0.860. The van der Waals surface area contributed by atoms with Crippen LogP contribution in [-0.2, 0) is 6.54 Å². The summed E-state index contributed by atoms with van der Waals surface area (Å²) in [6.07, 6.45) is 0. The number of fused-ring (bicyclic) bond motifs is 1. The smallest absolute Gasteiger partial charge is 0.0256 e. The first-order chi connectivity index (χ1) is 6.74. The molecule has 0 saturated heterocycles. The highest BCUT2D eigenvalue weighted by atomic mass is 79.9. The molecule has 1 nitrogen and oxygen atoms in total. The zero-order valence-electron chi connectivity index (χ0n) is 8.05. The number of hydrogen-bond acceptors (Lipinski definition) is 1. The summed E-state index contributed by atoms with van der Waals surface area (Å²) in [6.45, 7) is 2.72. The summed E-state index contributed by atoms with van der Waals surface area (Å²) in [5.74, 6) is 0. The molecule has 2 rings (SSSR count). The third-order valence-corrected chi connectivity index (χ3v) is 3.25. The largest absolute Gasteiger partial charge is 0.326 e. The fourth-order valence-electron chi connectivity index (χ4n) is 1.77. The van der Waals surface area contributed by atoms with Crippen LogP contribution < -0.4 is 5.73 Å². The number of halogens is 1. The van der Waals surface area contributed by atoms with Crippen LogP contribution in [0, 0.1) is 6.92 Å². The molecule has 0 heterocycles. The van der Waals surface area contributed by atoms with Gasteiger partial charge in [-0.15, -0.1) is 0 Å². The fourth-order valence-corrected chi connectivity index (χ4v) is 2.45. The highest BCUT2D eigenvalue weighted by molar-refractivity contribution is 9.10. The number of rotatable bonds is 1. The highest BCUT2D eigenvalue weighted by Gasteiger charge is 2.04. The molecule has 0 aliphatic carbocycles. The van der Waals surface area contributed by atoms with Crippen molar-refractivity contribution in [2.75, 3.05) is 0 Å². The predicted molar refractivity (Wildman–Crippen MR) is 64.3 cm³/mol. The lowest BCUT2D eigenvalue weighted by molar-refractivity contribution is 1.06. The summed E-state index contributed by atoms with van der Waals surface area (Å²) in [7, 11) is 0. The van der Waals surface area contributed by atoms with Crippen LogP contribution in [0.1, 0.15) is 11.1 Å². The molecular weight excluding hydrogens is 238 g/mol. The maximum atomic E-state index is 5.68. The lowest BCUT2D eigenvalue weighted by atomic mass is 10.0. The Bertz CT molecular complexity index is 477. The van der Waals surface area contributed by atoms with E-state index >= 15 is 0 Å². The van der Waals surface area contributed by atoms with Crippen molar-refractivity contribution in [1.29, 1.82) is 0 Å². The second kappa shape index (κ2) is 3.71. The summed E-state index contributed by atoms with van der Waals surface area (Å²) in [5.41, 5.74) is 8.16. The van der Waals surface area contributed by atoms with E-state index in [4.69, 9.17) is 5.73 Å². The second-order valence-corrected chi connectivity index (χ2v) is 4.25. The summed E-state index contributed by atoms with van der Waals surface area (Å²) >= 11 is 3.57. The first-order valence-corrected chi connectivity index (χ1v) is 5.40. The van der Waals surface area contributed by atoms with Gasteiger partial charge in [-0.25, -0.2) is 0 Å². The van der Waals surface area contributed by atoms with Gasteiger partial charge in [0.05, 0.1) is 0 Å². The molecule has 0 atom stereocenters. The van der Waals surface area contributed by atoms with Crippen LogP contribution >= 0.6 is 15.9 Å². The molecule has 0 spiro atoms. The molecule has 2 heteroatoms. The van der Waals surface area contributed by atoms with Crippen molar-refractivity contribution in [3.8, 4) is 0 Å². The summed E-state index contributed by atoms with van der Waals surface area (Å²) in [5, 5.41) is 2.53. The van der Waals surface area contributed by atoms with Crippen LogP contribution in [-0.4, -0.2) is 0 Å². The van der Waals surface area contributed by atoms with Gasteiger partial charge in [-0.1, -0.05) is 40.2 Å². The van der Waals surface area contributed by atoms with E-state index in [0.29, 0.717) is 6.54 Å². The van der Waals surface area contributed by atoms with Crippen LogP contribution in [0.5, 0.6) is 0 Å². The van der Waals surface area contributed by atoms with Crippen molar-refractivity contribution in [1.82, 2.24) is 0 Å². The van der Waals surface area contributed by atoms with Crippen LogP contribution in [0.4, 0.5) is 0 Å². The molecule has 0 aliphatic rings. The molecule has 0 fully saturated rings. The number of nitrogens with two attached hydrogens (primary N) is 1. The van der Waals surface area contributed by atoms with Crippen molar-refractivity contribution < 1.29 is 0 Å². The lowest BCUT2D eigenvalue weighted by Crippen LogP contribution is -1.99. The van der Waals surface area contributed by atoms with Crippen LogP contribution in [0.15, 0.2) is 34.8 Å². The van der Waals surface area contributed by atoms with Crippen molar-refractivity contribution >= 4 is 26.7 Å². The zero-order chi connectivity index (χ0) is 10.1. The molecule has 2 N–H and O–H groups in total. The molecule has 0 aromatic heterocycles. The average Bonchev–Trinajstić information content (AvgIpc) is 2.18. The molecule has 72 valence electrons. The zero-order valence-corrected chi connectivity index (χ0v) is 9.64. The monoisotopic (exact) mass is 249 g/mol. The van der Waals surface area contributed by atoms with E-state index in [1.54, 1.807) is 0 Å². The highest BCUT2D eigenvalue weighted by Crippen LogP contribution is 2.28. The maximum absolute atomic E-state index is 5.68. The van der Waals surface area contributed by atoms with Gasteiger partial charge in [-0.3, -0.25) is 0 Å². The average molecular weight is 250 g/mol. The molecule has 0 radical (unpaired) electrons. The summed E-state index contributed by atoms with van der Waals surface area (Å²) < 4.78 is 1.14. The minimum absolute atomic E-state index is 0.600. The van der Waals surface area contributed by atoms with Crippen molar-refractivity contribution in [2.24, 2.45) is 5.73 Å². The molecule has 0 aliphatic heterocycles. The van der Waals surface area contributed by atoms with Gasteiger partial charge in [0.1, 0.15) is 0 Å². The first-order valence-electron chi connectivity index (χ1n) is 4.61. The Kier molecular flexibility index (Phi) is 2.57. The molecule has 2 aromatic rings. The fraction of sp³-hybridized carbons (Fsp3) is 0.167. The second-order valence-electron chi connectivity index (χ2n) is 3.39. The van der Waals surface area contributed by atoms with E-state index < -0.39 is 0 Å². The molecule has 2 aromatic carbocycles. The Balaban J connectivity index is 2.86. The molecule has 14 heavy (non-hydrogen) atoms. The van der Waals surface area contributed by atoms with Gasteiger partial charge in [-0.2, -0.15) is 0 Å². The van der Waals surface area contributed by atoms with E-state index in [0.717, 1.165) is 4.47 Å². The van der Waals surface area contributed by atoms with Gasteiger partial charge in [0.15, 0.2) is 0 Å². The van der Waals surface area contributed by atoms with E-state index in [2.05, 4.69) is 47.1 Å². The van der Waals surface area contributed by atoms with Crippen LogP contribution in [0.2, 0.25) is 0 Å². The van der Waals surface area contributed by atoms with Crippen molar-refractivity contribution in [3.63, 3.8) is 0 Å². The number of hydrogen-bond donors (Lipinski definition) is 1. The van der Waals surface area contributed by atoms with Crippen LogP contribution in [0.3, 0.4) is 0 Å². The Morgan fingerprint density at radius 3 is 2.71 bits per heavy atom. The lowest BCUT2D eigenvalue weighted by Gasteiger charge is -2.08. The van der Waals surface area contributed by atoms with Gasteiger partial charge in [0, 0.05) is 11.0 Å². The van der Waals surface area contributed by atoms with Gasteiger partial charge in [0.2, 0.25) is 0 Å². The topological polar surface area (TPSA) is 26.0 Å². The summed E-state index contributed by atoms with van der Waals surface area (Å²) in [6, 6.07) is 10.5. The maximum Gasteiger partial charge on any atom is 0.0256 e. The molecule has 0 amide bonds. The quantitative estimate of drug-likeness (QED) is 0.825. The van der Waals surface area contributed by atoms with E-state index in [-0.39, 0.29) is 0 Å². The Labute approximate surface area is 92.1 Å². The minimum atomic E-state index is 0.600. The first kappa shape index (κ1) is 9.69.